The number of carbonyl (C=O) groups is 1. The third kappa shape index (κ3) is 4.17. The first kappa shape index (κ1) is 14.7. The molecule has 0 unspecified atom stereocenters. The van der Waals surface area contributed by atoms with Gasteiger partial charge in [-0.15, -0.1) is 11.3 Å². The van der Waals surface area contributed by atoms with Gasteiger partial charge in [0.2, 0.25) is 5.91 Å². The lowest BCUT2D eigenvalue weighted by atomic mass is 10.1. The van der Waals surface area contributed by atoms with Gasteiger partial charge in [0.15, 0.2) is 0 Å². The molecule has 0 saturated heterocycles. The second-order valence-electron chi connectivity index (χ2n) is 4.62. The van der Waals surface area contributed by atoms with E-state index in [4.69, 9.17) is 0 Å². The van der Waals surface area contributed by atoms with Gasteiger partial charge in [-0.05, 0) is 42.5 Å². The average molecular weight is 291 g/mol. The average Bonchev–Trinajstić information content (AvgIpc) is 2.95. The molecule has 0 fully saturated rings. The number of aryl methyl sites for hydroxylation is 1. The summed E-state index contributed by atoms with van der Waals surface area (Å²) in [5.41, 5.74) is 0.866. The maximum atomic E-state index is 13.1. The molecule has 0 aliphatic rings. The Hall–Kier alpha value is -1.68. The second-order valence-corrected chi connectivity index (χ2v) is 5.65. The minimum Gasteiger partial charge on any atom is -0.338 e. The molecule has 1 aromatic carbocycles. The van der Waals surface area contributed by atoms with Gasteiger partial charge in [0.25, 0.3) is 0 Å². The maximum absolute atomic E-state index is 13.1. The molecule has 106 valence electrons. The van der Waals surface area contributed by atoms with Crippen molar-refractivity contribution in [2.24, 2.45) is 0 Å². The summed E-state index contributed by atoms with van der Waals surface area (Å²) in [5.74, 6) is -0.133. The first-order valence-electron chi connectivity index (χ1n) is 6.73. The van der Waals surface area contributed by atoms with Crippen LogP contribution >= 0.6 is 11.3 Å². The molecule has 4 heteroatoms. The third-order valence-electron chi connectivity index (χ3n) is 3.18. The van der Waals surface area contributed by atoms with Crippen LogP contribution in [0.3, 0.4) is 0 Å². The minimum absolute atomic E-state index is 0.116. The molecule has 0 spiro atoms. The summed E-state index contributed by atoms with van der Waals surface area (Å²) in [7, 11) is 0. The van der Waals surface area contributed by atoms with E-state index in [1.807, 2.05) is 35.4 Å². The van der Waals surface area contributed by atoms with Gasteiger partial charge >= 0.3 is 0 Å². The number of hydrogen-bond donors (Lipinski definition) is 0. The second kappa shape index (κ2) is 7.20. The predicted octanol–water partition coefficient (Wildman–Crippen LogP) is 3.87. The Balaban J connectivity index is 1.89. The Morgan fingerprint density at radius 2 is 2.15 bits per heavy atom. The van der Waals surface area contributed by atoms with Crippen molar-refractivity contribution in [2.45, 2.75) is 26.3 Å². The molecule has 0 radical (unpaired) electrons. The quantitative estimate of drug-likeness (QED) is 0.791. The van der Waals surface area contributed by atoms with Gasteiger partial charge in [-0.2, -0.15) is 0 Å². The van der Waals surface area contributed by atoms with E-state index in [-0.39, 0.29) is 11.7 Å². The van der Waals surface area contributed by atoms with E-state index in [0.717, 1.165) is 5.56 Å². The number of nitrogens with zero attached hydrogens (tertiary/aromatic N) is 1. The van der Waals surface area contributed by atoms with Crippen LogP contribution in [0.5, 0.6) is 0 Å². The van der Waals surface area contributed by atoms with Crippen LogP contribution in [0.15, 0.2) is 41.8 Å². The van der Waals surface area contributed by atoms with Crippen molar-refractivity contribution >= 4 is 17.2 Å². The molecular weight excluding hydrogens is 273 g/mol. The van der Waals surface area contributed by atoms with Crippen molar-refractivity contribution in [3.63, 3.8) is 0 Å². The van der Waals surface area contributed by atoms with Gasteiger partial charge in [0, 0.05) is 17.8 Å². The smallest absolute Gasteiger partial charge is 0.223 e. The van der Waals surface area contributed by atoms with Crippen molar-refractivity contribution in [1.82, 2.24) is 4.90 Å². The van der Waals surface area contributed by atoms with Gasteiger partial charge in [0.05, 0.1) is 6.54 Å². The number of benzene rings is 1. The summed E-state index contributed by atoms with van der Waals surface area (Å²) in [6.45, 7) is 3.34. The summed E-state index contributed by atoms with van der Waals surface area (Å²) in [6, 6.07) is 10.5. The SMILES string of the molecule is CCN(Cc1cccs1)C(=O)CCc1cccc(F)c1. The first-order chi connectivity index (χ1) is 9.69. The van der Waals surface area contributed by atoms with Gasteiger partial charge in [-0.25, -0.2) is 4.39 Å². The molecule has 1 amide bonds. The highest BCUT2D eigenvalue weighted by atomic mass is 32.1. The van der Waals surface area contributed by atoms with E-state index in [2.05, 4.69) is 0 Å². The number of carbonyl (C=O) groups excluding carboxylic acids is 1. The number of thiophene rings is 1. The van der Waals surface area contributed by atoms with E-state index >= 15 is 0 Å². The Morgan fingerprint density at radius 1 is 1.30 bits per heavy atom. The van der Waals surface area contributed by atoms with Gasteiger partial charge in [0.1, 0.15) is 5.82 Å². The monoisotopic (exact) mass is 291 g/mol. The zero-order chi connectivity index (χ0) is 14.4. The third-order valence-corrected chi connectivity index (χ3v) is 4.04. The van der Waals surface area contributed by atoms with Gasteiger partial charge < -0.3 is 4.90 Å². The van der Waals surface area contributed by atoms with Crippen molar-refractivity contribution in [2.75, 3.05) is 6.54 Å². The Labute approximate surface area is 122 Å². The molecule has 1 aromatic heterocycles. The fourth-order valence-corrected chi connectivity index (χ4v) is 2.79. The number of rotatable bonds is 6. The van der Waals surface area contributed by atoms with E-state index in [0.29, 0.717) is 25.9 Å². The Kier molecular flexibility index (Phi) is 5.30. The first-order valence-corrected chi connectivity index (χ1v) is 7.61. The standard InChI is InChI=1S/C16H18FNOS/c1-2-18(12-15-7-4-10-20-15)16(19)9-8-13-5-3-6-14(17)11-13/h3-7,10-11H,2,8-9,12H2,1H3. The highest BCUT2D eigenvalue weighted by Crippen LogP contribution is 2.13. The lowest BCUT2D eigenvalue weighted by molar-refractivity contribution is -0.131. The van der Waals surface area contributed by atoms with Crippen LogP contribution in [0.4, 0.5) is 4.39 Å². The summed E-state index contributed by atoms with van der Waals surface area (Å²) in [4.78, 5) is 15.2. The van der Waals surface area contributed by atoms with Crippen molar-refractivity contribution in [3.8, 4) is 0 Å². The van der Waals surface area contributed by atoms with E-state index in [1.54, 1.807) is 17.4 Å². The fourth-order valence-electron chi connectivity index (χ4n) is 2.07. The summed E-state index contributed by atoms with van der Waals surface area (Å²) >= 11 is 1.66. The van der Waals surface area contributed by atoms with Crippen LogP contribution in [-0.2, 0) is 17.8 Å². The highest BCUT2D eigenvalue weighted by molar-refractivity contribution is 7.09. The molecule has 2 rings (SSSR count). The molecule has 2 nitrogen and oxygen atoms in total. The molecule has 20 heavy (non-hydrogen) atoms. The van der Waals surface area contributed by atoms with E-state index in [9.17, 15) is 9.18 Å². The molecular formula is C16H18FNOS. The van der Waals surface area contributed by atoms with Crippen LogP contribution in [0.25, 0.3) is 0 Å². The van der Waals surface area contributed by atoms with E-state index < -0.39 is 0 Å². The van der Waals surface area contributed by atoms with Crippen molar-refractivity contribution in [1.29, 1.82) is 0 Å². The maximum Gasteiger partial charge on any atom is 0.223 e. The lowest BCUT2D eigenvalue weighted by Crippen LogP contribution is -2.30. The lowest BCUT2D eigenvalue weighted by Gasteiger charge is -2.20. The number of halogens is 1. The number of amides is 1. The van der Waals surface area contributed by atoms with Crippen LogP contribution in [-0.4, -0.2) is 17.4 Å². The Morgan fingerprint density at radius 3 is 2.80 bits per heavy atom. The van der Waals surface area contributed by atoms with E-state index in [1.165, 1.54) is 17.0 Å². The molecule has 0 saturated carbocycles. The minimum atomic E-state index is -0.249. The summed E-state index contributed by atoms with van der Waals surface area (Å²) < 4.78 is 13.1. The topological polar surface area (TPSA) is 20.3 Å². The zero-order valence-corrected chi connectivity index (χ0v) is 12.3. The molecule has 0 N–H and O–H groups in total. The van der Waals surface area contributed by atoms with Gasteiger partial charge in [-0.3, -0.25) is 4.79 Å². The predicted molar refractivity (Wildman–Crippen MR) is 80.1 cm³/mol. The summed E-state index contributed by atoms with van der Waals surface area (Å²) in [5, 5.41) is 2.01. The zero-order valence-electron chi connectivity index (χ0n) is 11.5. The fraction of sp³-hybridized carbons (Fsp3) is 0.312. The number of hydrogen-bond acceptors (Lipinski definition) is 2. The highest BCUT2D eigenvalue weighted by Gasteiger charge is 2.12. The Bertz CT molecular complexity index is 553. The molecule has 0 aliphatic heterocycles. The molecule has 0 atom stereocenters. The summed E-state index contributed by atoms with van der Waals surface area (Å²) in [6.07, 6.45) is 1.00. The van der Waals surface area contributed by atoms with Crippen LogP contribution in [0.1, 0.15) is 23.8 Å². The molecule has 1 heterocycles. The molecule has 0 aliphatic carbocycles. The van der Waals surface area contributed by atoms with Crippen molar-refractivity contribution in [3.05, 3.63) is 58.0 Å². The van der Waals surface area contributed by atoms with Crippen LogP contribution in [0, 0.1) is 5.82 Å². The molecule has 0 bridgehead atoms. The largest absolute Gasteiger partial charge is 0.338 e. The van der Waals surface area contributed by atoms with Crippen molar-refractivity contribution < 1.29 is 9.18 Å². The van der Waals surface area contributed by atoms with Crippen LogP contribution in [0.2, 0.25) is 0 Å². The normalized spacial score (nSPS) is 10.5. The van der Waals surface area contributed by atoms with Gasteiger partial charge in [-0.1, -0.05) is 18.2 Å². The van der Waals surface area contributed by atoms with Crippen LogP contribution < -0.4 is 0 Å². The molecule has 2 aromatic rings.